The van der Waals surface area contributed by atoms with Gasteiger partial charge in [-0.2, -0.15) is 17.9 Å². The van der Waals surface area contributed by atoms with Crippen LogP contribution in [0.3, 0.4) is 0 Å². The van der Waals surface area contributed by atoms with Crippen molar-refractivity contribution in [1.29, 1.82) is 0 Å². The average molecular weight is 376 g/mol. The molecule has 1 aromatic heterocycles. The number of nitrogens with one attached hydrogen (secondary N) is 1. The monoisotopic (exact) mass is 376 g/mol. The highest BCUT2D eigenvalue weighted by Gasteiger charge is 2.46. The van der Waals surface area contributed by atoms with E-state index in [2.05, 4.69) is 6.58 Å². The maximum absolute atomic E-state index is 12.9. The molecule has 1 unspecified atom stereocenters. The maximum Gasteiger partial charge on any atom is 0.410 e. The number of halogens is 3. The third-order valence-corrected chi connectivity index (χ3v) is 4.94. The molecule has 0 bridgehead atoms. The van der Waals surface area contributed by atoms with Crippen molar-refractivity contribution in [3.8, 4) is 0 Å². The molecule has 136 valence electrons. The number of aromatic nitrogens is 1. The molecule has 0 amide bonds. The van der Waals surface area contributed by atoms with Gasteiger partial charge < -0.3 is 4.84 Å². The number of carbonyl (C=O) groups is 1. The number of hydrogen-bond acceptors (Lipinski definition) is 4. The van der Waals surface area contributed by atoms with Crippen molar-refractivity contribution in [3.63, 3.8) is 0 Å². The molecule has 0 aliphatic heterocycles. The summed E-state index contributed by atoms with van der Waals surface area (Å²) in [7, 11) is -4.80. The van der Waals surface area contributed by atoms with Crippen molar-refractivity contribution < 1.29 is 31.2 Å². The summed E-state index contributed by atoms with van der Waals surface area (Å²) in [4.78, 5) is 16.4. The largest absolute Gasteiger partial charge is 0.410 e. The van der Waals surface area contributed by atoms with Crippen LogP contribution in [0.25, 0.3) is 10.9 Å². The van der Waals surface area contributed by atoms with E-state index >= 15 is 0 Å². The number of nitrogens with zero attached hydrogens (tertiary/aromatic N) is 1. The summed E-state index contributed by atoms with van der Waals surface area (Å²) in [5.74, 6) is -0.521. The summed E-state index contributed by atoms with van der Waals surface area (Å²) < 4.78 is 65.8. The van der Waals surface area contributed by atoms with Crippen LogP contribution in [0.15, 0.2) is 43.1 Å². The van der Waals surface area contributed by atoms with E-state index in [0.29, 0.717) is 11.6 Å². The second-order valence-corrected chi connectivity index (χ2v) is 6.84. The number of fused-ring (bicyclic) bond motifs is 1. The second-order valence-electron chi connectivity index (χ2n) is 5.04. The molecule has 25 heavy (non-hydrogen) atoms. The molecule has 0 aliphatic carbocycles. The van der Waals surface area contributed by atoms with Crippen LogP contribution in [-0.4, -0.2) is 30.5 Å². The van der Waals surface area contributed by atoms with E-state index in [0.717, 1.165) is 4.73 Å². The van der Waals surface area contributed by atoms with Crippen molar-refractivity contribution in [1.82, 2.24) is 4.73 Å². The molecule has 0 spiro atoms. The van der Waals surface area contributed by atoms with Gasteiger partial charge in [-0.05, 0) is 18.2 Å². The SMILES string of the molecule is C=CC(C(F)(F)F)S(=O)(=O)Nc1cccc2c1ccn2OC(=O)CC. The Morgan fingerprint density at radius 1 is 1.40 bits per heavy atom. The third-order valence-electron chi connectivity index (χ3n) is 3.31. The van der Waals surface area contributed by atoms with Gasteiger partial charge >= 0.3 is 12.1 Å². The summed E-state index contributed by atoms with van der Waals surface area (Å²) in [5, 5.41) is -2.48. The van der Waals surface area contributed by atoms with Crippen LogP contribution in [-0.2, 0) is 14.8 Å². The predicted molar refractivity (Wildman–Crippen MR) is 86.4 cm³/mol. The molecule has 0 saturated carbocycles. The minimum absolute atomic E-state index is 0.0695. The molecular formula is C15H15F3N2O4S. The quantitative estimate of drug-likeness (QED) is 0.787. The molecule has 1 atom stereocenters. The normalized spacial score (nSPS) is 13.4. The van der Waals surface area contributed by atoms with Crippen LogP contribution in [0.4, 0.5) is 18.9 Å². The first-order valence-corrected chi connectivity index (χ1v) is 8.67. The highest BCUT2D eigenvalue weighted by molar-refractivity contribution is 7.93. The molecule has 2 rings (SSSR count). The fraction of sp³-hybridized carbons (Fsp3) is 0.267. The zero-order chi connectivity index (χ0) is 18.8. The minimum atomic E-state index is -5.00. The predicted octanol–water partition coefficient (Wildman–Crippen LogP) is 2.87. The Kier molecular flexibility index (Phi) is 5.12. The van der Waals surface area contributed by atoms with Gasteiger partial charge in [0.05, 0.1) is 11.2 Å². The lowest BCUT2D eigenvalue weighted by molar-refractivity contribution is -0.143. The van der Waals surface area contributed by atoms with Crippen molar-refractivity contribution in [2.24, 2.45) is 0 Å². The van der Waals surface area contributed by atoms with Crippen LogP contribution >= 0.6 is 0 Å². The molecule has 0 fully saturated rings. The van der Waals surface area contributed by atoms with Crippen molar-refractivity contribution in [2.45, 2.75) is 24.8 Å². The topological polar surface area (TPSA) is 77.4 Å². The average Bonchev–Trinajstić information content (AvgIpc) is 2.89. The Balaban J connectivity index is 2.42. The first kappa shape index (κ1) is 18.8. The number of sulfonamides is 1. The summed E-state index contributed by atoms with van der Waals surface area (Å²) in [6.45, 7) is 4.54. The van der Waals surface area contributed by atoms with Crippen LogP contribution in [0.1, 0.15) is 13.3 Å². The fourth-order valence-corrected chi connectivity index (χ4v) is 3.36. The van der Waals surface area contributed by atoms with Gasteiger partial charge in [0.1, 0.15) is 0 Å². The second kappa shape index (κ2) is 6.79. The lowest BCUT2D eigenvalue weighted by Gasteiger charge is -2.18. The number of carbonyl (C=O) groups excluding carboxylic acids is 1. The number of benzene rings is 1. The van der Waals surface area contributed by atoms with E-state index in [1.165, 1.54) is 30.5 Å². The summed E-state index contributed by atoms with van der Waals surface area (Å²) in [5.41, 5.74) is 0.254. The zero-order valence-corrected chi connectivity index (χ0v) is 13.9. The summed E-state index contributed by atoms with van der Waals surface area (Å²) in [6, 6.07) is 5.69. The molecule has 1 N–H and O–H groups in total. The van der Waals surface area contributed by atoms with Crippen LogP contribution in [0.5, 0.6) is 0 Å². The molecule has 1 heterocycles. The number of hydrogen-bond donors (Lipinski definition) is 1. The van der Waals surface area contributed by atoms with E-state index in [-0.39, 0.29) is 17.5 Å². The molecule has 1 aromatic carbocycles. The Hall–Kier alpha value is -2.49. The fourth-order valence-electron chi connectivity index (χ4n) is 2.14. The van der Waals surface area contributed by atoms with E-state index in [4.69, 9.17) is 4.84 Å². The Morgan fingerprint density at radius 3 is 2.64 bits per heavy atom. The molecule has 0 saturated heterocycles. The van der Waals surface area contributed by atoms with Gasteiger partial charge in [-0.1, -0.05) is 19.1 Å². The summed E-state index contributed by atoms with van der Waals surface area (Å²) >= 11 is 0. The van der Waals surface area contributed by atoms with E-state index < -0.39 is 27.4 Å². The van der Waals surface area contributed by atoms with Crippen molar-refractivity contribution in [2.75, 3.05) is 4.72 Å². The molecule has 0 radical (unpaired) electrons. The van der Waals surface area contributed by atoms with E-state index in [9.17, 15) is 26.4 Å². The van der Waals surface area contributed by atoms with Gasteiger partial charge in [0.15, 0.2) is 5.25 Å². The first-order chi connectivity index (χ1) is 11.6. The van der Waals surface area contributed by atoms with Crippen LogP contribution in [0.2, 0.25) is 0 Å². The van der Waals surface area contributed by atoms with Gasteiger partial charge in [0, 0.05) is 18.0 Å². The number of rotatable bonds is 6. The van der Waals surface area contributed by atoms with Gasteiger partial charge in [0.2, 0.25) is 10.0 Å². The minimum Gasteiger partial charge on any atom is -0.337 e. The van der Waals surface area contributed by atoms with Gasteiger partial charge in [-0.15, -0.1) is 6.58 Å². The molecule has 0 aliphatic rings. The van der Waals surface area contributed by atoms with E-state index in [1.54, 1.807) is 6.92 Å². The lowest BCUT2D eigenvalue weighted by atomic mass is 10.2. The third kappa shape index (κ3) is 3.95. The summed E-state index contributed by atoms with van der Waals surface area (Å²) in [6.07, 6.45) is -3.19. The number of anilines is 1. The molecule has 2 aromatic rings. The molecule has 10 heteroatoms. The maximum atomic E-state index is 12.9. The van der Waals surface area contributed by atoms with Gasteiger partial charge in [-0.25, -0.2) is 13.2 Å². The van der Waals surface area contributed by atoms with Crippen LogP contribution in [0, 0.1) is 0 Å². The Labute approximate surface area is 141 Å². The van der Waals surface area contributed by atoms with Crippen LogP contribution < -0.4 is 9.56 Å². The molecular weight excluding hydrogens is 361 g/mol. The smallest absolute Gasteiger partial charge is 0.337 e. The Bertz CT molecular complexity index is 903. The zero-order valence-electron chi connectivity index (χ0n) is 13.1. The van der Waals surface area contributed by atoms with Gasteiger partial charge in [0.25, 0.3) is 0 Å². The standard InChI is InChI=1S/C15H15F3N2O4S/c1-3-13(15(16,17)18)25(22,23)19-11-6-5-7-12-10(11)8-9-20(12)24-14(21)4-2/h3,5-9,13,19H,1,4H2,2H3. The Morgan fingerprint density at radius 2 is 2.08 bits per heavy atom. The molecule has 6 nitrogen and oxygen atoms in total. The number of alkyl halides is 3. The van der Waals surface area contributed by atoms with Gasteiger partial charge in [-0.3, -0.25) is 4.72 Å². The first-order valence-electron chi connectivity index (χ1n) is 7.12. The highest BCUT2D eigenvalue weighted by Crippen LogP contribution is 2.30. The lowest BCUT2D eigenvalue weighted by Crippen LogP contribution is -2.38. The highest BCUT2D eigenvalue weighted by atomic mass is 32.2. The van der Waals surface area contributed by atoms with E-state index in [1.807, 2.05) is 4.72 Å². The van der Waals surface area contributed by atoms with Crippen molar-refractivity contribution >= 4 is 32.6 Å². The van der Waals surface area contributed by atoms with Crippen molar-refractivity contribution in [3.05, 3.63) is 43.1 Å².